The van der Waals surface area contributed by atoms with Gasteiger partial charge in [-0.25, -0.2) is 9.37 Å². The van der Waals surface area contributed by atoms with E-state index in [-0.39, 0.29) is 23.3 Å². The summed E-state index contributed by atoms with van der Waals surface area (Å²) in [5.74, 6) is 0.748. The molecule has 0 unspecified atom stereocenters. The van der Waals surface area contributed by atoms with Gasteiger partial charge in [-0.1, -0.05) is 12.1 Å². The summed E-state index contributed by atoms with van der Waals surface area (Å²) in [6.07, 6.45) is 5.19. The van der Waals surface area contributed by atoms with Crippen molar-refractivity contribution in [2.75, 3.05) is 24.1 Å². The van der Waals surface area contributed by atoms with Crippen LogP contribution in [-0.4, -0.2) is 28.0 Å². The van der Waals surface area contributed by atoms with E-state index in [9.17, 15) is 14.5 Å². The molecule has 156 valence electrons. The van der Waals surface area contributed by atoms with Crippen molar-refractivity contribution in [2.45, 2.75) is 38.5 Å². The molecule has 2 aromatic rings. The van der Waals surface area contributed by atoms with Crippen LogP contribution in [-0.2, 0) is 12.8 Å². The summed E-state index contributed by atoms with van der Waals surface area (Å²) in [6.45, 7) is 1.19. The maximum absolute atomic E-state index is 13.0. The van der Waals surface area contributed by atoms with E-state index < -0.39 is 4.92 Å². The molecule has 3 rings (SSSR count). The topological polar surface area (TPSA) is 133 Å². The molecule has 8 nitrogen and oxygen atoms in total. The molecule has 0 aliphatic heterocycles. The Morgan fingerprint density at radius 1 is 1.14 bits per heavy atom. The van der Waals surface area contributed by atoms with Gasteiger partial charge in [0.25, 0.3) is 0 Å². The molecule has 1 saturated carbocycles. The molecule has 0 atom stereocenters. The minimum Gasteiger partial charge on any atom is -0.378 e. The van der Waals surface area contributed by atoms with Crippen LogP contribution in [0.15, 0.2) is 24.3 Å². The second-order valence-electron chi connectivity index (χ2n) is 7.61. The highest BCUT2D eigenvalue weighted by Gasteiger charge is 2.27. The highest BCUT2D eigenvalue weighted by Crippen LogP contribution is 2.33. The van der Waals surface area contributed by atoms with Crippen LogP contribution >= 0.6 is 0 Å². The number of nitrogens with one attached hydrogen (secondary N) is 1. The Bertz CT molecular complexity index is 838. The second-order valence-corrected chi connectivity index (χ2v) is 7.61. The van der Waals surface area contributed by atoms with E-state index in [0.717, 1.165) is 31.2 Å². The monoisotopic (exact) mass is 402 g/mol. The molecule has 0 bridgehead atoms. The molecule has 9 heteroatoms. The number of hydrogen-bond donors (Lipinski definition) is 3. The quantitative estimate of drug-likeness (QED) is 0.456. The van der Waals surface area contributed by atoms with Crippen LogP contribution < -0.4 is 16.8 Å². The number of nitrogens with two attached hydrogens (primary N) is 2. The molecule has 0 radical (unpaired) electrons. The number of anilines is 2. The first-order chi connectivity index (χ1) is 14.0. The molecule has 1 fully saturated rings. The van der Waals surface area contributed by atoms with Crippen molar-refractivity contribution in [3.63, 3.8) is 0 Å². The fraction of sp³-hybridized carbons (Fsp3) is 0.500. The normalized spacial score (nSPS) is 19.1. The molecule has 1 aromatic carbocycles. The Hall–Kier alpha value is -2.81. The number of halogens is 1. The minimum atomic E-state index is -0.502. The first-order valence-corrected chi connectivity index (χ1v) is 9.95. The third-order valence-corrected chi connectivity index (χ3v) is 5.56. The molecule has 1 heterocycles. The van der Waals surface area contributed by atoms with E-state index >= 15 is 0 Å². The average molecular weight is 402 g/mol. The van der Waals surface area contributed by atoms with Gasteiger partial charge in [-0.05, 0) is 74.6 Å². The fourth-order valence-electron chi connectivity index (χ4n) is 3.86. The van der Waals surface area contributed by atoms with Crippen molar-refractivity contribution in [3.05, 3.63) is 51.5 Å². The first-order valence-electron chi connectivity index (χ1n) is 9.95. The van der Waals surface area contributed by atoms with Gasteiger partial charge in [0, 0.05) is 6.54 Å². The summed E-state index contributed by atoms with van der Waals surface area (Å²) in [6, 6.07) is 6.25. The van der Waals surface area contributed by atoms with Crippen molar-refractivity contribution in [1.82, 2.24) is 9.97 Å². The van der Waals surface area contributed by atoms with E-state index in [1.807, 2.05) is 0 Å². The van der Waals surface area contributed by atoms with Crippen LogP contribution in [0.3, 0.4) is 0 Å². The Morgan fingerprint density at radius 2 is 1.79 bits per heavy atom. The minimum absolute atomic E-state index is 0.125. The summed E-state index contributed by atoms with van der Waals surface area (Å²) < 4.78 is 13.0. The summed E-state index contributed by atoms with van der Waals surface area (Å²) in [7, 11) is 0. The molecule has 1 aliphatic rings. The lowest BCUT2D eigenvalue weighted by molar-refractivity contribution is -0.385. The van der Waals surface area contributed by atoms with Gasteiger partial charge in [0.2, 0.25) is 11.8 Å². The second kappa shape index (κ2) is 9.60. The van der Waals surface area contributed by atoms with Gasteiger partial charge in [0.15, 0.2) is 0 Å². The molecular formula is C20H27FN6O2. The van der Waals surface area contributed by atoms with Gasteiger partial charge < -0.3 is 16.8 Å². The summed E-state index contributed by atoms with van der Waals surface area (Å²) in [4.78, 5) is 19.5. The Morgan fingerprint density at radius 3 is 2.41 bits per heavy atom. The maximum atomic E-state index is 13.0. The van der Waals surface area contributed by atoms with Crippen LogP contribution in [0.4, 0.5) is 21.8 Å². The van der Waals surface area contributed by atoms with Crippen LogP contribution in [0, 0.1) is 27.8 Å². The largest absolute Gasteiger partial charge is 0.378 e. The lowest BCUT2D eigenvalue weighted by atomic mass is 9.80. The average Bonchev–Trinajstić information content (AvgIpc) is 2.69. The molecule has 29 heavy (non-hydrogen) atoms. The molecule has 0 saturated heterocycles. The van der Waals surface area contributed by atoms with Crippen LogP contribution in [0.5, 0.6) is 0 Å². The van der Waals surface area contributed by atoms with Crippen LogP contribution in [0.2, 0.25) is 0 Å². The number of rotatable bonds is 8. The third kappa shape index (κ3) is 5.60. The zero-order valence-corrected chi connectivity index (χ0v) is 16.3. The zero-order chi connectivity index (χ0) is 20.8. The number of nitrogen functional groups attached to an aromatic ring is 1. The standard InChI is InChI=1S/C20H27FN6O2/c21-16-7-5-13(6-8-16)9-10-24-20-25-17(18(27(28)29)19(23)26-20)11-14-1-3-15(12-22)4-2-14/h5-8,14-15H,1-4,9-12,22H2,(H3,23,24,25,26). The summed E-state index contributed by atoms with van der Waals surface area (Å²) in [5, 5.41) is 14.6. The maximum Gasteiger partial charge on any atom is 0.332 e. The summed E-state index contributed by atoms with van der Waals surface area (Å²) in [5.41, 5.74) is 12.8. The van der Waals surface area contributed by atoms with Gasteiger partial charge in [-0.15, -0.1) is 0 Å². The van der Waals surface area contributed by atoms with Crippen LogP contribution in [0.1, 0.15) is 36.9 Å². The molecule has 1 aromatic heterocycles. The summed E-state index contributed by atoms with van der Waals surface area (Å²) >= 11 is 0. The van der Waals surface area contributed by atoms with Gasteiger partial charge >= 0.3 is 5.69 Å². The lowest BCUT2D eigenvalue weighted by Crippen LogP contribution is -2.23. The van der Waals surface area contributed by atoms with Crippen molar-refractivity contribution in [3.8, 4) is 0 Å². The number of nitro groups is 1. The van der Waals surface area contributed by atoms with Crippen molar-refractivity contribution in [2.24, 2.45) is 17.6 Å². The van der Waals surface area contributed by atoms with E-state index in [1.165, 1.54) is 12.1 Å². The molecule has 0 spiro atoms. The Kier molecular flexibility index (Phi) is 6.92. The van der Waals surface area contributed by atoms with Gasteiger partial charge in [-0.3, -0.25) is 10.1 Å². The number of aromatic nitrogens is 2. The van der Waals surface area contributed by atoms with Crippen molar-refractivity contribution in [1.29, 1.82) is 0 Å². The third-order valence-electron chi connectivity index (χ3n) is 5.56. The fourth-order valence-corrected chi connectivity index (χ4v) is 3.86. The van der Waals surface area contributed by atoms with Gasteiger partial charge in [0.05, 0.1) is 4.92 Å². The smallest absolute Gasteiger partial charge is 0.332 e. The molecule has 0 amide bonds. The van der Waals surface area contributed by atoms with Gasteiger partial charge in [0.1, 0.15) is 11.5 Å². The molecule has 1 aliphatic carbocycles. The predicted molar refractivity (Wildman–Crippen MR) is 110 cm³/mol. The van der Waals surface area contributed by atoms with Crippen molar-refractivity contribution >= 4 is 17.5 Å². The van der Waals surface area contributed by atoms with E-state index in [0.29, 0.717) is 43.5 Å². The molecule has 5 N–H and O–H groups in total. The molecular weight excluding hydrogens is 375 g/mol. The Labute approximate surface area is 169 Å². The predicted octanol–water partition coefficient (Wildman–Crippen LogP) is 3.07. The first kappa shape index (κ1) is 20.9. The highest BCUT2D eigenvalue weighted by molar-refractivity contribution is 5.58. The lowest BCUT2D eigenvalue weighted by Gasteiger charge is -2.27. The van der Waals surface area contributed by atoms with E-state index in [4.69, 9.17) is 11.5 Å². The van der Waals surface area contributed by atoms with E-state index in [1.54, 1.807) is 12.1 Å². The van der Waals surface area contributed by atoms with Crippen LogP contribution in [0.25, 0.3) is 0 Å². The number of nitrogens with zero attached hydrogens (tertiary/aromatic N) is 3. The SMILES string of the molecule is NCC1CCC(Cc2nc(NCCc3ccc(F)cc3)nc(N)c2[N+](=O)[O-])CC1. The van der Waals surface area contributed by atoms with E-state index in [2.05, 4.69) is 15.3 Å². The Balaban J connectivity index is 1.68. The number of benzene rings is 1. The highest BCUT2D eigenvalue weighted by atomic mass is 19.1. The number of hydrogen-bond acceptors (Lipinski definition) is 7. The van der Waals surface area contributed by atoms with Gasteiger partial charge in [-0.2, -0.15) is 4.98 Å². The zero-order valence-electron chi connectivity index (χ0n) is 16.3. The van der Waals surface area contributed by atoms with Crippen molar-refractivity contribution < 1.29 is 9.31 Å².